The summed E-state index contributed by atoms with van der Waals surface area (Å²) in [5.41, 5.74) is -0.0488. The molecule has 0 heterocycles. The van der Waals surface area contributed by atoms with E-state index in [9.17, 15) is 13.2 Å². The summed E-state index contributed by atoms with van der Waals surface area (Å²) in [7, 11) is 0. The van der Waals surface area contributed by atoms with Gasteiger partial charge >= 0.3 is 6.08 Å². The minimum Gasteiger partial charge on any atom is -0.206 e. The van der Waals surface area contributed by atoms with E-state index in [0.29, 0.717) is 12.3 Å². The molecule has 0 amide bonds. The molecule has 0 saturated carbocycles. The summed E-state index contributed by atoms with van der Waals surface area (Å²) in [6.45, 7) is 8.10. The highest BCUT2D eigenvalue weighted by Gasteiger charge is 2.26. The summed E-state index contributed by atoms with van der Waals surface area (Å²) >= 11 is 0. The normalized spacial score (nSPS) is 15.4. The zero-order valence-corrected chi connectivity index (χ0v) is 9.33. The standard InChI is InChI=1S/C11H19F3/c1-5-11(4,8(2)3)7-6-9(12)10(13)14/h8H,5-7H2,1-4H3. The Bertz CT molecular complexity index is 205. The molecule has 0 bridgehead atoms. The van der Waals surface area contributed by atoms with Crippen LogP contribution >= 0.6 is 0 Å². The number of rotatable bonds is 5. The van der Waals surface area contributed by atoms with Crippen molar-refractivity contribution in [2.75, 3.05) is 0 Å². The van der Waals surface area contributed by atoms with E-state index in [1.165, 1.54) is 0 Å². The molecule has 0 aliphatic rings. The second-order valence-electron chi connectivity index (χ2n) is 4.33. The molecule has 1 atom stereocenters. The van der Waals surface area contributed by atoms with Crippen molar-refractivity contribution in [3.05, 3.63) is 11.9 Å². The quantitative estimate of drug-likeness (QED) is 0.601. The van der Waals surface area contributed by atoms with E-state index in [1.54, 1.807) is 0 Å². The van der Waals surface area contributed by atoms with Crippen molar-refractivity contribution < 1.29 is 13.2 Å². The lowest BCUT2D eigenvalue weighted by Crippen LogP contribution is -2.22. The summed E-state index contributed by atoms with van der Waals surface area (Å²) in [5.74, 6) is -0.881. The molecule has 1 unspecified atom stereocenters. The zero-order chi connectivity index (χ0) is 11.4. The summed E-state index contributed by atoms with van der Waals surface area (Å²) in [5, 5.41) is 0. The van der Waals surface area contributed by atoms with Crippen molar-refractivity contribution >= 4 is 0 Å². The highest BCUT2D eigenvalue weighted by Crippen LogP contribution is 2.37. The van der Waals surface area contributed by atoms with Crippen molar-refractivity contribution in [2.45, 2.75) is 47.0 Å². The molecule has 0 saturated heterocycles. The molecule has 84 valence electrons. The van der Waals surface area contributed by atoms with Crippen molar-refractivity contribution in [2.24, 2.45) is 11.3 Å². The van der Waals surface area contributed by atoms with Gasteiger partial charge in [-0.2, -0.15) is 8.78 Å². The largest absolute Gasteiger partial charge is 0.301 e. The third-order valence-electron chi connectivity index (χ3n) is 3.32. The highest BCUT2D eigenvalue weighted by molar-refractivity contribution is 4.93. The van der Waals surface area contributed by atoms with E-state index >= 15 is 0 Å². The molecule has 0 rings (SSSR count). The van der Waals surface area contributed by atoms with Gasteiger partial charge in [0, 0.05) is 6.42 Å². The van der Waals surface area contributed by atoms with Crippen molar-refractivity contribution in [1.29, 1.82) is 0 Å². The van der Waals surface area contributed by atoms with E-state index < -0.39 is 11.9 Å². The van der Waals surface area contributed by atoms with Crippen LogP contribution in [0.25, 0.3) is 0 Å². The number of halogens is 3. The topological polar surface area (TPSA) is 0 Å². The Morgan fingerprint density at radius 3 is 2.00 bits per heavy atom. The van der Waals surface area contributed by atoms with Crippen molar-refractivity contribution in [3.8, 4) is 0 Å². The van der Waals surface area contributed by atoms with E-state index in [2.05, 4.69) is 0 Å². The molecule has 0 radical (unpaired) electrons. The van der Waals surface area contributed by atoms with Gasteiger partial charge in [-0.25, -0.2) is 4.39 Å². The molecule has 14 heavy (non-hydrogen) atoms. The first-order valence-corrected chi connectivity index (χ1v) is 5.03. The average Bonchev–Trinajstić information content (AvgIpc) is 2.12. The van der Waals surface area contributed by atoms with Gasteiger partial charge in [-0.1, -0.05) is 34.1 Å². The van der Waals surface area contributed by atoms with Crippen LogP contribution in [0.5, 0.6) is 0 Å². The van der Waals surface area contributed by atoms with Gasteiger partial charge in [0.05, 0.1) is 0 Å². The predicted molar refractivity (Wildman–Crippen MR) is 52.8 cm³/mol. The summed E-state index contributed by atoms with van der Waals surface area (Å²) in [6.07, 6.45) is -0.965. The third kappa shape index (κ3) is 3.72. The summed E-state index contributed by atoms with van der Waals surface area (Å²) in [6, 6.07) is 0. The molecule has 0 nitrogen and oxygen atoms in total. The molecular weight excluding hydrogens is 189 g/mol. The molecule has 0 aromatic carbocycles. The second-order valence-corrected chi connectivity index (χ2v) is 4.33. The van der Waals surface area contributed by atoms with Crippen LogP contribution in [0.2, 0.25) is 0 Å². The molecule has 0 aromatic rings. The molecule has 0 aliphatic heterocycles. The molecular formula is C11H19F3. The first kappa shape index (κ1) is 13.5. The SMILES string of the molecule is CCC(C)(CCC(F)=C(F)F)C(C)C. The molecule has 0 N–H and O–H groups in total. The Hall–Kier alpha value is -0.470. The van der Waals surface area contributed by atoms with Gasteiger partial charge in [0.15, 0.2) is 5.83 Å². The van der Waals surface area contributed by atoms with Gasteiger partial charge < -0.3 is 0 Å². The Kier molecular flexibility index (Phi) is 5.24. The molecule has 0 spiro atoms. The summed E-state index contributed by atoms with van der Waals surface area (Å²) in [4.78, 5) is 0. The lowest BCUT2D eigenvalue weighted by Gasteiger charge is -2.32. The number of allylic oxidation sites excluding steroid dienone is 1. The Morgan fingerprint density at radius 2 is 1.71 bits per heavy atom. The second kappa shape index (κ2) is 5.42. The minimum absolute atomic E-state index is 0.0488. The van der Waals surface area contributed by atoms with E-state index in [1.807, 2.05) is 27.7 Å². The fraction of sp³-hybridized carbons (Fsp3) is 0.818. The molecule has 0 aromatic heterocycles. The van der Waals surface area contributed by atoms with Gasteiger partial charge in [0.25, 0.3) is 0 Å². The van der Waals surface area contributed by atoms with Crippen LogP contribution in [0, 0.1) is 11.3 Å². The van der Waals surface area contributed by atoms with Crippen molar-refractivity contribution in [3.63, 3.8) is 0 Å². The molecule has 0 fully saturated rings. The lowest BCUT2D eigenvalue weighted by atomic mass is 9.73. The maximum atomic E-state index is 12.6. The smallest absolute Gasteiger partial charge is 0.206 e. The number of hydrogen-bond acceptors (Lipinski definition) is 0. The van der Waals surface area contributed by atoms with Crippen LogP contribution in [-0.4, -0.2) is 0 Å². The predicted octanol–water partition coefficient (Wildman–Crippen LogP) is 4.92. The van der Waals surface area contributed by atoms with Crippen LogP contribution in [0.15, 0.2) is 11.9 Å². The minimum atomic E-state index is -2.17. The Morgan fingerprint density at radius 1 is 1.21 bits per heavy atom. The monoisotopic (exact) mass is 208 g/mol. The fourth-order valence-electron chi connectivity index (χ4n) is 1.36. The molecule has 3 heteroatoms. The Balaban J connectivity index is 4.29. The maximum Gasteiger partial charge on any atom is 0.301 e. The number of hydrogen-bond donors (Lipinski definition) is 0. The van der Waals surface area contributed by atoms with Gasteiger partial charge in [0.1, 0.15) is 0 Å². The zero-order valence-electron chi connectivity index (χ0n) is 9.33. The van der Waals surface area contributed by atoms with Crippen LogP contribution in [-0.2, 0) is 0 Å². The van der Waals surface area contributed by atoms with Gasteiger partial charge in [-0.15, -0.1) is 0 Å². The Labute approximate surface area is 84.2 Å². The lowest BCUT2D eigenvalue weighted by molar-refractivity contribution is 0.184. The molecule has 0 aliphatic carbocycles. The van der Waals surface area contributed by atoms with Gasteiger partial charge in [-0.3, -0.25) is 0 Å². The van der Waals surface area contributed by atoms with E-state index in [-0.39, 0.29) is 11.8 Å². The summed E-state index contributed by atoms with van der Waals surface area (Å²) < 4.78 is 36.2. The highest BCUT2D eigenvalue weighted by atomic mass is 19.3. The van der Waals surface area contributed by atoms with Gasteiger partial charge in [0.2, 0.25) is 0 Å². The van der Waals surface area contributed by atoms with Gasteiger partial charge in [-0.05, 0) is 17.8 Å². The van der Waals surface area contributed by atoms with E-state index in [0.717, 1.165) is 6.42 Å². The van der Waals surface area contributed by atoms with Crippen LogP contribution in [0.4, 0.5) is 13.2 Å². The van der Waals surface area contributed by atoms with Crippen molar-refractivity contribution in [1.82, 2.24) is 0 Å². The first-order valence-electron chi connectivity index (χ1n) is 5.03. The van der Waals surface area contributed by atoms with Crippen LogP contribution in [0.3, 0.4) is 0 Å². The maximum absolute atomic E-state index is 12.6. The fourth-order valence-corrected chi connectivity index (χ4v) is 1.36. The van der Waals surface area contributed by atoms with Crippen LogP contribution < -0.4 is 0 Å². The van der Waals surface area contributed by atoms with Crippen LogP contribution in [0.1, 0.15) is 47.0 Å². The third-order valence-corrected chi connectivity index (χ3v) is 3.32. The first-order chi connectivity index (χ1) is 6.33. The average molecular weight is 208 g/mol. The van der Waals surface area contributed by atoms with E-state index in [4.69, 9.17) is 0 Å².